The van der Waals surface area contributed by atoms with Crippen molar-refractivity contribution in [2.45, 2.75) is 45.2 Å². The summed E-state index contributed by atoms with van der Waals surface area (Å²) in [5, 5.41) is 7.24. The summed E-state index contributed by atoms with van der Waals surface area (Å²) in [4.78, 5) is 27.4. The van der Waals surface area contributed by atoms with Gasteiger partial charge in [-0.15, -0.1) is 0 Å². The van der Waals surface area contributed by atoms with Gasteiger partial charge in [-0.05, 0) is 37.3 Å². The van der Waals surface area contributed by atoms with Crippen molar-refractivity contribution in [1.82, 2.24) is 9.78 Å². The van der Waals surface area contributed by atoms with Crippen LogP contribution in [0.5, 0.6) is 0 Å². The summed E-state index contributed by atoms with van der Waals surface area (Å²) in [6.07, 6.45) is 7.34. The van der Waals surface area contributed by atoms with Crippen LogP contribution in [0.3, 0.4) is 0 Å². The molecule has 1 aromatic carbocycles. The van der Waals surface area contributed by atoms with E-state index in [1.54, 1.807) is 17.3 Å². The van der Waals surface area contributed by atoms with E-state index < -0.39 is 6.04 Å². The molecule has 1 aliphatic carbocycles. The van der Waals surface area contributed by atoms with Crippen molar-refractivity contribution in [3.63, 3.8) is 0 Å². The number of carbonyl (C=O) groups is 2. The maximum absolute atomic E-state index is 13.2. The number of benzene rings is 1. The van der Waals surface area contributed by atoms with Gasteiger partial charge >= 0.3 is 0 Å². The van der Waals surface area contributed by atoms with E-state index in [1.165, 1.54) is 12.8 Å². The Labute approximate surface area is 146 Å². The monoisotopic (exact) mass is 338 g/mol. The second kappa shape index (κ2) is 6.35. The average molecular weight is 338 g/mol. The van der Waals surface area contributed by atoms with Crippen LogP contribution >= 0.6 is 0 Å². The van der Waals surface area contributed by atoms with E-state index in [1.807, 2.05) is 35.9 Å². The van der Waals surface area contributed by atoms with Crippen LogP contribution in [0.1, 0.15) is 43.0 Å². The Morgan fingerprint density at radius 3 is 2.88 bits per heavy atom. The summed E-state index contributed by atoms with van der Waals surface area (Å²) in [5.41, 5.74) is 1.96. The minimum absolute atomic E-state index is 0.126. The van der Waals surface area contributed by atoms with Crippen LogP contribution in [0.4, 0.5) is 11.4 Å². The summed E-state index contributed by atoms with van der Waals surface area (Å²) in [7, 11) is 0. The first-order chi connectivity index (χ1) is 12.2. The Morgan fingerprint density at radius 2 is 2.12 bits per heavy atom. The average Bonchev–Trinajstić information content (AvgIpc) is 3.30. The molecular formula is C19H22N4O2. The first-order valence-corrected chi connectivity index (χ1v) is 8.93. The number of hydrogen-bond donors (Lipinski definition) is 1. The van der Waals surface area contributed by atoms with Gasteiger partial charge in [0.15, 0.2) is 0 Å². The van der Waals surface area contributed by atoms with Gasteiger partial charge < -0.3 is 5.32 Å². The molecule has 1 fully saturated rings. The number of nitrogens with zero attached hydrogens (tertiary/aromatic N) is 3. The van der Waals surface area contributed by atoms with Crippen LogP contribution in [-0.2, 0) is 11.3 Å². The minimum atomic E-state index is -0.487. The Balaban J connectivity index is 1.67. The predicted molar refractivity (Wildman–Crippen MR) is 95.5 cm³/mol. The molecular weight excluding hydrogens is 316 g/mol. The number of nitrogens with one attached hydrogen (secondary N) is 1. The van der Waals surface area contributed by atoms with E-state index >= 15 is 0 Å². The molecule has 6 nitrogen and oxygen atoms in total. The lowest BCUT2D eigenvalue weighted by Crippen LogP contribution is -2.51. The van der Waals surface area contributed by atoms with Crippen LogP contribution < -0.4 is 10.2 Å². The van der Waals surface area contributed by atoms with Gasteiger partial charge in [-0.1, -0.05) is 25.5 Å². The van der Waals surface area contributed by atoms with E-state index in [2.05, 4.69) is 10.4 Å². The molecule has 1 atom stereocenters. The Kier molecular flexibility index (Phi) is 4.03. The molecule has 2 aromatic rings. The first-order valence-electron chi connectivity index (χ1n) is 8.93. The predicted octanol–water partition coefficient (Wildman–Crippen LogP) is 3.06. The SMILES string of the molecule is CCCC1C(=O)Nc2ccccc2N1C(=O)c1cnn(CC2CC2)c1. The third-order valence-electron chi connectivity index (χ3n) is 4.84. The highest BCUT2D eigenvalue weighted by Crippen LogP contribution is 2.34. The summed E-state index contributed by atoms with van der Waals surface area (Å²) < 4.78 is 1.84. The lowest BCUT2D eigenvalue weighted by atomic mass is 10.0. The van der Waals surface area contributed by atoms with Crippen LogP contribution in [-0.4, -0.2) is 27.6 Å². The van der Waals surface area contributed by atoms with Gasteiger partial charge in [-0.3, -0.25) is 19.2 Å². The van der Waals surface area contributed by atoms with Crippen LogP contribution in [0.15, 0.2) is 36.7 Å². The summed E-state index contributed by atoms with van der Waals surface area (Å²) in [6, 6.07) is 6.96. The van der Waals surface area contributed by atoms with E-state index in [0.717, 1.165) is 18.7 Å². The molecule has 0 bridgehead atoms. The number of hydrogen-bond acceptors (Lipinski definition) is 3. The number of anilines is 2. The van der Waals surface area contributed by atoms with Gasteiger partial charge in [0.25, 0.3) is 5.91 Å². The normalized spacial score (nSPS) is 19.5. The molecule has 0 saturated heterocycles. The minimum Gasteiger partial charge on any atom is -0.322 e. The Hall–Kier alpha value is -2.63. The fourth-order valence-corrected chi connectivity index (χ4v) is 3.35. The van der Waals surface area contributed by atoms with Crippen molar-refractivity contribution in [1.29, 1.82) is 0 Å². The molecule has 1 unspecified atom stereocenters. The largest absolute Gasteiger partial charge is 0.322 e. The third-order valence-corrected chi connectivity index (χ3v) is 4.84. The van der Waals surface area contributed by atoms with E-state index in [0.29, 0.717) is 23.6 Å². The molecule has 130 valence electrons. The smallest absolute Gasteiger partial charge is 0.262 e. The molecule has 2 amide bonds. The highest BCUT2D eigenvalue weighted by Gasteiger charge is 2.37. The maximum atomic E-state index is 13.2. The van der Waals surface area contributed by atoms with Gasteiger partial charge in [0.2, 0.25) is 5.91 Å². The standard InChI is InChI=1S/C19H22N4O2/c1-2-5-17-18(24)21-15-6-3-4-7-16(15)23(17)19(25)14-10-20-22(12-14)11-13-8-9-13/h3-4,6-7,10,12-13,17H,2,5,8-9,11H2,1H3,(H,21,24). The van der Waals surface area contributed by atoms with Gasteiger partial charge in [0.1, 0.15) is 6.04 Å². The number of rotatable bonds is 5. The summed E-state index contributed by atoms with van der Waals surface area (Å²) >= 11 is 0. The molecule has 25 heavy (non-hydrogen) atoms. The Morgan fingerprint density at radius 1 is 1.32 bits per heavy atom. The zero-order valence-corrected chi connectivity index (χ0v) is 14.3. The second-order valence-electron chi connectivity index (χ2n) is 6.88. The van der Waals surface area contributed by atoms with Crippen molar-refractivity contribution in [3.05, 3.63) is 42.2 Å². The highest BCUT2D eigenvalue weighted by atomic mass is 16.2. The number of para-hydroxylation sites is 2. The van der Waals surface area contributed by atoms with Crippen molar-refractivity contribution in [3.8, 4) is 0 Å². The fourth-order valence-electron chi connectivity index (χ4n) is 3.35. The highest BCUT2D eigenvalue weighted by molar-refractivity contribution is 6.16. The quantitative estimate of drug-likeness (QED) is 0.911. The molecule has 4 rings (SSSR count). The van der Waals surface area contributed by atoms with Crippen molar-refractivity contribution in [2.75, 3.05) is 10.2 Å². The zero-order valence-electron chi connectivity index (χ0n) is 14.3. The number of carbonyl (C=O) groups excluding carboxylic acids is 2. The van der Waals surface area contributed by atoms with Gasteiger partial charge in [-0.2, -0.15) is 5.10 Å². The van der Waals surface area contributed by atoms with E-state index in [4.69, 9.17) is 0 Å². The molecule has 6 heteroatoms. The van der Waals surface area contributed by atoms with Crippen molar-refractivity contribution in [2.24, 2.45) is 5.92 Å². The van der Waals surface area contributed by atoms with Gasteiger partial charge in [0.05, 0.1) is 23.1 Å². The van der Waals surface area contributed by atoms with E-state index in [-0.39, 0.29) is 11.8 Å². The number of aromatic nitrogens is 2. The molecule has 0 spiro atoms. The number of amides is 2. The Bertz CT molecular complexity index is 809. The molecule has 1 saturated carbocycles. The van der Waals surface area contributed by atoms with Gasteiger partial charge in [0, 0.05) is 12.7 Å². The molecule has 1 aromatic heterocycles. The lowest BCUT2D eigenvalue weighted by molar-refractivity contribution is -0.117. The molecule has 2 heterocycles. The van der Waals surface area contributed by atoms with E-state index in [9.17, 15) is 9.59 Å². The van der Waals surface area contributed by atoms with Crippen LogP contribution in [0, 0.1) is 5.92 Å². The third kappa shape index (κ3) is 3.04. The maximum Gasteiger partial charge on any atom is 0.262 e. The lowest BCUT2D eigenvalue weighted by Gasteiger charge is -2.36. The molecule has 1 N–H and O–H groups in total. The zero-order chi connectivity index (χ0) is 17.4. The first kappa shape index (κ1) is 15.9. The molecule has 1 aliphatic heterocycles. The molecule has 0 radical (unpaired) electrons. The second-order valence-corrected chi connectivity index (χ2v) is 6.88. The van der Waals surface area contributed by atoms with Crippen molar-refractivity contribution >= 4 is 23.2 Å². The topological polar surface area (TPSA) is 67.2 Å². The van der Waals surface area contributed by atoms with Crippen LogP contribution in [0.25, 0.3) is 0 Å². The van der Waals surface area contributed by atoms with Crippen LogP contribution in [0.2, 0.25) is 0 Å². The molecule has 2 aliphatic rings. The summed E-state index contributed by atoms with van der Waals surface area (Å²) in [5.74, 6) is 0.402. The van der Waals surface area contributed by atoms with Gasteiger partial charge in [-0.25, -0.2) is 0 Å². The number of fused-ring (bicyclic) bond motifs is 1. The summed E-state index contributed by atoms with van der Waals surface area (Å²) in [6.45, 7) is 2.88. The fraction of sp³-hybridized carbons (Fsp3) is 0.421. The van der Waals surface area contributed by atoms with Crippen molar-refractivity contribution < 1.29 is 9.59 Å².